The number of amides is 1. The second-order valence-corrected chi connectivity index (χ2v) is 6.93. The Balaban J connectivity index is 1.76. The van der Waals surface area contributed by atoms with Gasteiger partial charge in [0.25, 0.3) is 5.91 Å². The highest BCUT2D eigenvalue weighted by molar-refractivity contribution is 6.10. The molecule has 1 atom stereocenters. The fourth-order valence-electron chi connectivity index (χ4n) is 2.99. The summed E-state index contributed by atoms with van der Waals surface area (Å²) in [5.74, 6) is 0.792. The summed E-state index contributed by atoms with van der Waals surface area (Å²) in [6.07, 6.45) is 2.14. The Kier molecular flexibility index (Phi) is 6.66. The lowest BCUT2D eigenvalue weighted by Crippen LogP contribution is -2.36. The summed E-state index contributed by atoms with van der Waals surface area (Å²) in [6.45, 7) is 5.40. The fourth-order valence-corrected chi connectivity index (χ4v) is 2.99. The van der Waals surface area contributed by atoms with E-state index in [9.17, 15) is 4.79 Å². The molecular weight excluding hydrogens is 354 g/mol. The topological polar surface area (TPSA) is 72.0 Å². The molecule has 0 aromatic heterocycles. The average Bonchev–Trinajstić information content (AvgIpc) is 3.22. The third-order valence-corrected chi connectivity index (χ3v) is 4.81. The molecule has 0 radical (unpaired) electrons. The number of hydrogen-bond donors (Lipinski definition) is 2. The van der Waals surface area contributed by atoms with Gasteiger partial charge in [0.2, 0.25) is 5.96 Å². The first-order valence-electron chi connectivity index (χ1n) is 9.51. The van der Waals surface area contributed by atoms with Crippen molar-refractivity contribution in [2.75, 3.05) is 25.6 Å². The Morgan fingerprint density at radius 2 is 2.07 bits per heavy atom. The first-order chi connectivity index (χ1) is 13.5. The van der Waals surface area contributed by atoms with Gasteiger partial charge >= 0.3 is 0 Å². The summed E-state index contributed by atoms with van der Waals surface area (Å²) in [7, 11) is 1.58. The van der Waals surface area contributed by atoms with Gasteiger partial charge in [-0.05, 0) is 68.1 Å². The lowest BCUT2D eigenvalue weighted by Gasteiger charge is -2.14. The summed E-state index contributed by atoms with van der Waals surface area (Å²) < 4.78 is 10.8. The molecule has 2 aromatic carbocycles. The van der Waals surface area contributed by atoms with Crippen molar-refractivity contribution in [3.05, 3.63) is 59.2 Å². The molecule has 3 rings (SSSR count). The molecule has 0 unspecified atom stereocenters. The van der Waals surface area contributed by atoms with E-state index < -0.39 is 0 Å². The van der Waals surface area contributed by atoms with Gasteiger partial charge in [-0.2, -0.15) is 0 Å². The van der Waals surface area contributed by atoms with E-state index in [1.807, 2.05) is 18.2 Å². The van der Waals surface area contributed by atoms with Crippen LogP contribution in [0.2, 0.25) is 0 Å². The van der Waals surface area contributed by atoms with Gasteiger partial charge in [-0.3, -0.25) is 10.1 Å². The highest BCUT2D eigenvalue weighted by Gasteiger charge is 2.16. The number of hydrogen-bond acceptors (Lipinski definition) is 4. The lowest BCUT2D eigenvalue weighted by atomic mass is 10.1. The molecule has 0 spiro atoms. The van der Waals surface area contributed by atoms with E-state index in [0.29, 0.717) is 23.8 Å². The predicted octanol–water partition coefficient (Wildman–Crippen LogP) is 3.69. The maximum absolute atomic E-state index is 12.7. The van der Waals surface area contributed by atoms with E-state index in [2.05, 4.69) is 29.5 Å². The second-order valence-electron chi connectivity index (χ2n) is 6.93. The zero-order valence-corrected chi connectivity index (χ0v) is 16.6. The van der Waals surface area contributed by atoms with Gasteiger partial charge in [0.1, 0.15) is 5.75 Å². The van der Waals surface area contributed by atoms with Crippen molar-refractivity contribution in [2.45, 2.75) is 32.8 Å². The van der Waals surface area contributed by atoms with Gasteiger partial charge in [0, 0.05) is 17.9 Å². The van der Waals surface area contributed by atoms with Crippen LogP contribution < -0.4 is 15.4 Å². The van der Waals surface area contributed by atoms with Crippen molar-refractivity contribution in [3.8, 4) is 5.75 Å². The van der Waals surface area contributed by atoms with Crippen LogP contribution >= 0.6 is 0 Å². The smallest absolute Gasteiger partial charge is 0.258 e. The van der Waals surface area contributed by atoms with Crippen molar-refractivity contribution in [2.24, 2.45) is 4.99 Å². The molecule has 0 bridgehead atoms. The SMILES string of the molecule is COc1cccc(C(=O)NC(=NC[C@@H]2CCCO2)Nc2ccc(C)c(C)c2)c1. The molecule has 0 aliphatic carbocycles. The normalized spacial score (nSPS) is 16.7. The van der Waals surface area contributed by atoms with Crippen LogP contribution in [0.1, 0.15) is 34.3 Å². The number of anilines is 1. The Hall–Kier alpha value is -2.86. The summed E-state index contributed by atoms with van der Waals surface area (Å²) in [6, 6.07) is 13.1. The number of nitrogens with one attached hydrogen (secondary N) is 2. The Morgan fingerprint density at radius 1 is 1.21 bits per heavy atom. The highest BCUT2D eigenvalue weighted by Crippen LogP contribution is 2.16. The largest absolute Gasteiger partial charge is 0.497 e. The van der Waals surface area contributed by atoms with Crippen LogP contribution in [-0.2, 0) is 4.74 Å². The fraction of sp³-hybridized carbons (Fsp3) is 0.364. The number of benzene rings is 2. The van der Waals surface area contributed by atoms with Gasteiger partial charge in [-0.1, -0.05) is 12.1 Å². The lowest BCUT2D eigenvalue weighted by molar-refractivity contribution is 0.0975. The molecule has 1 aliphatic heterocycles. The van der Waals surface area contributed by atoms with E-state index in [1.54, 1.807) is 31.4 Å². The number of carbonyl (C=O) groups excluding carboxylic acids is 1. The Morgan fingerprint density at radius 3 is 2.79 bits per heavy atom. The van der Waals surface area contributed by atoms with Crippen molar-refractivity contribution < 1.29 is 14.3 Å². The van der Waals surface area contributed by atoms with Gasteiger partial charge in [-0.15, -0.1) is 0 Å². The molecule has 28 heavy (non-hydrogen) atoms. The molecule has 1 aliphatic rings. The number of guanidine groups is 1. The van der Waals surface area contributed by atoms with Crippen molar-refractivity contribution >= 4 is 17.6 Å². The number of carbonyl (C=O) groups is 1. The molecule has 2 N–H and O–H groups in total. The van der Waals surface area contributed by atoms with Crippen LogP contribution in [0.4, 0.5) is 5.69 Å². The zero-order chi connectivity index (χ0) is 19.9. The maximum atomic E-state index is 12.7. The van der Waals surface area contributed by atoms with Crippen LogP contribution in [0.15, 0.2) is 47.5 Å². The number of aliphatic imine (C=N–C) groups is 1. The predicted molar refractivity (Wildman–Crippen MR) is 111 cm³/mol. The average molecular weight is 381 g/mol. The molecule has 1 amide bonds. The number of ether oxygens (including phenoxy) is 2. The molecule has 0 saturated carbocycles. The third-order valence-electron chi connectivity index (χ3n) is 4.81. The van der Waals surface area contributed by atoms with Gasteiger partial charge in [0.15, 0.2) is 0 Å². The van der Waals surface area contributed by atoms with Gasteiger partial charge in [0.05, 0.1) is 19.8 Å². The first kappa shape index (κ1) is 19.9. The van der Waals surface area contributed by atoms with Crippen molar-refractivity contribution in [3.63, 3.8) is 0 Å². The van der Waals surface area contributed by atoms with Crippen LogP contribution in [0.3, 0.4) is 0 Å². The zero-order valence-electron chi connectivity index (χ0n) is 16.6. The van der Waals surface area contributed by atoms with E-state index in [4.69, 9.17) is 9.47 Å². The van der Waals surface area contributed by atoms with Crippen LogP contribution in [-0.4, -0.2) is 38.2 Å². The third kappa shape index (κ3) is 5.33. The van der Waals surface area contributed by atoms with Crippen LogP contribution in [0, 0.1) is 13.8 Å². The second kappa shape index (κ2) is 9.37. The molecule has 1 saturated heterocycles. The van der Waals surface area contributed by atoms with Crippen LogP contribution in [0.5, 0.6) is 5.75 Å². The minimum absolute atomic E-state index is 0.102. The highest BCUT2D eigenvalue weighted by atomic mass is 16.5. The number of methoxy groups -OCH3 is 1. The molecule has 1 heterocycles. The quantitative estimate of drug-likeness (QED) is 0.612. The Bertz CT molecular complexity index is 858. The number of nitrogens with zero attached hydrogens (tertiary/aromatic N) is 1. The minimum atomic E-state index is -0.249. The summed E-state index contributed by atoms with van der Waals surface area (Å²) in [4.78, 5) is 17.3. The number of aryl methyl sites for hydroxylation is 2. The van der Waals surface area contributed by atoms with Gasteiger partial charge < -0.3 is 14.8 Å². The Labute approximate surface area is 166 Å². The first-order valence-corrected chi connectivity index (χ1v) is 9.51. The van der Waals surface area contributed by atoms with E-state index in [0.717, 1.165) is 25.1 Å². The number of rotatable bonds is 5. The van der Waals surface area contributed by atoms with E-state index in [-0.39, 0.29) is 12.0 Å². The van der Waals surface area contributed by atoms with Gasteiger partial charge in [-0.25, -0.2) is 4.99 Å². The molecule has 6 nitrogen and oxygen atoms in total. The van der Waals surface area contributed by atoms with E-state index in [1.165, 1.54) is 11.1 Å². The summed E-state index contributed by atoms with van der Waals surface area (Å²) >= 11 is 0. The standard InChI is InChI=1S/C22H27N3O3/c1-15-9-10-18(12-16(15)2)24-22(23-14-20-8-5-11-28-20)25-21(26)17-6-4-7-19(13-17)27-3/h4,6-7,9-10,12-13,20H,5,8,11,14H2,1-3H3,(H2,23,24,25,26)/t20-/m0/s1. The van der Waals surface area contributed by atoms with E-state index >= 15 is 0 Å². The minimum Gasteiger partial charge on any atom is -0.497 e. The summed E-state index contributed by atoms with van der Waals surface area (Å²) in [5, 5.41) is 6.11. The molecular formula is C22H27N3O3. The van der Waals surface area contributed by atoms with Crippen molar-refractivity contribution in [1.82, 2.24) is 5.32 Å². The van der Waals surface area contributed by atoms with Crippen molar-refractivity contribution in [1.29, 1.82) is 0 Å². The molecule has 6 heteroatoms. The molecule has 148 valence electrons. The molecule has 2 aromatic rings. The monoisotopic (exact) mass is 381 g/mol. The maximum Gasteiger partial charge on any atom is 0.258 e. The van der Waals surface area contributed by atoms with Crippen LogP contribution in [0.25, 0.3) is 0 Å². The summed E-state index contributed by atoms with van der Waals surface area (Å²) in [5.41, 5.74) is 3.76. The molecule has 1 fully saturated rings.